The zero-order valence-electron chi connectivity index (χ0n) is 12.7. The van der Waals surface area contributed by atoms with E-state index in [1.165, 1.54) is 11.6 Å². The predicted molar refractivity (Wildman–Crippen MR) is 78.9 cm³/mol. The molecule has 0 fully saturated rings. The summed E-state index contributed by atoms with van der Waals surface area (Å²) in [4.78, 5) is 33.1. The van der Waals surface area contributed by atoms with Gasteiger partial charge in [0.05, 0.1) is 0 Å². The molecule has 0 aromatic carbocycles. The average Bonchev–Trinajstić information content (AvgIpc) is 2.33. The fourth-order valence-corrected chi connectivity index (χ4v) is 1.62. The van der Waals surface area contributed by atoms with Crippen LogP contribution < -0.4 is 5.32 Å². The molecule has 0 aliphatic rings. The summed E-state index contributed by atoms with van der Waals surface area (Å²) in [6.07, 6.45) is 4.50. The zero-order valence-corrected chi connectivity index (χ0v) is 12.7. The third kappa shape index (κ3) is 10.4. The van der Waals surface area contributed by atoms with Gasteiger partial charge in [0.15, 0.2) is 0 Å². The molecular formula is C15H23NO5. The van der Waals surface area contributed by atoms with E-state index in [1.54, 1.807) is 6.92 Å². The molecule has 1 unspecified atom stereocenters. The van der Waals surface area contributed by atoms with Gasteiger partial charge in [-0.3, -0.25) is 9.59 Å². The number of nitrogens with one attached hydrogen (secondary N) is 1. The van der Waals surface area contributed by atoms with Crippen LogP contribution >= 0.6 is 0 Å². The van der Waals surface area contributed by atoms with Gasteiger partial charge >= 0.3 is 11.9 Å². The molecule has 0 saturated carbocycles. The van der Waals surface area contributed by atoms with Crippen molar-refractivity contribution in [2.45, 2.75) is 52.5 Å². The summed E-state index contributed by atoms with van der Waals surface area (Å²) in [5, 5.41) is 19.8. The molecule has 0 aromatic heterocycles. The maximum atomic E-state index is 11.7. The lowest BCUT2D eigenvalue weighted by atomic mass is 10.1. The van der Waals surface area contributed by atoms with Crippen LogP contribution in [-0.2, 0) is 14.4 Å². The van der Waals surface area contributed by atoms with Crippen molar-refractivity contribution in [3.8, 4) is 0 Å². The van der Waals surface area contributed by atoms with Gasteiger partial charge in [-0.25, -0.2) is 4.79 Å². The van der Waals surface area contributed by atoms with E-state index >= 15 is 0 Å². The van der Waals surface area contributed by atoms with E-state index in [0.29, 0.717) is 6.42 Å². The second kappa shape index (κ2) is 9.74. The summed E-state index contributed by atoms with van der Waals surface area (Å²) in [7, 11) is 0. The van der Waals surface area contributed by atoms with Crippen molar-refractivity contribution >= 4 is 17.8 Å². The molecule has 6 heteroatoms. The Morgan fingerprint density at radius 1 is 1.10 bits per heavy atom. The lowest BCUT2D eigenvalue weighted by molar-refractivity contribution is -0.142. The van der Waals surface area contributed by atoms with Gasteiger partial charge in [-0.1, -0.05) is 17.2 Å². The van der Waals surface area contributed by atoms with E-state index < -0.39 is 23.9 Å². The van der Waals surface area contributed by atoms with Gasteiger partial charge in [0.1, 0.15) is 6.04 Å². The van der Waals surface area contributed by atoms with Gasteiger partial charge in [0.2, 0.25) is 5.91 Å². The largest absolute Gasteiger partial charge is 0.481 e. The molecule has 0 bridgehead atoms. The highest BCUT2D eigenvalue weighted by Crippen LogP contribution is 2.07. The van der Waals surface area contributed by atoms with Crippen molar-refractivity contribution in [1.29, 1.82) is 0 Å². The van der Waals surface area contributed by atoms with Crippen LogP contribution in [0.3, 0.4) is 0 Å². The first-order valence-electron chi connectivity index (χ1n) is 6.78. The number of carboxylic acids is 2. The molecular weight excluding hydrogens is 274 g/mol. The minimum Gasteiger partial charge on any atom is -0.481 e. The third-order valence-corrected chi connectivity index (χ3v) is 2.73. The molecule has 118 valence electrons. The third-order valence-electron chi connectivity index (χ3n) is 2.73. The molecule has 0 heterocycles. The molecule has 0 aromatic rings. The number of rotatable bonds is 9. The number of hydrogen-bond acceptors (Lipinski definition) is 3. The van der Waals surface area contributed by atoms with E-state index in [9.17, 15) is 14.4 Å². The van der Waals surface area contributed by atoms with Crippen LogP contribution in [0.2, 0.25) is 0 Å². The van der Waals surface area contributed by atoms with Crippen molar-refractivity contribution in [2.75, 3.05) is 0 Å². The smallest absolute Gasteiger partial charge is 0.326 e. The Balaban J connectivity index is 4.44. The lowest BCUT2D eigenvalue weighted by Crippen LogP contribution is -2.40. The molecule has 3 N–H and O–H groups in total. The Bertz CT molecular complexity index is 447. The molecule has 1 amide bonds. The molecule has 0 aliphatic carbocycles. The number of allylic oxidation sites excluding steroid dienone is 3. The van der Waals surface area contributed by atoms with Gasteiger partial charge in [-0.2, -0.15) is 0 Å². The van der Waals surface area contributed by atoms with Crippen molar-refractivity contribution in [1.82, 2.24) is 5.32 Å². The molecule has 0 aliphatic heterocycles. The highest BCUT2D eigenvalue weighted by molar-refractivity contribution is 5.91. The maximum Gasteiger partial charge on any atom is 0.326 e. The summed E-state index contributed by atoms with van der Waals surface area (Å²) in [5.41, 5.74) is 2.04. The SMILES string of the molecule is CC(C)=CCCC(C)=CC(=O)NC(CCC(=O)O)C(=O)O. The van der Waals surface area contributed by atoms with Crippen LogP contribution in [0.25, 0.3) is 0 Å². The van der Waals surface area contributed by atoms with Crippen LogP contribution in [0, 0.1) is 0 Å². The Morgan fingerprint density at radius 3 is 2.19 bits per heavy atom. The zero-order chi connectivity index (χ0) is 16.4. The summed E-state index contributed by atoms with van der Waals surface area (Å²) >= 11 is 0. The molecule has 21 heavy (non-hydrogen) atoms. The van der Waals surface area contributed by atoms with Crippen LogP contribution in [0.4, 0.5) is 0 Å². The van der Waals surface area contributed by atoms with E-state index in [1.807, 2.05) is 13.8 Å². The van der Waals surface area contributed by atoms with Crippen molar-refractivity contribution in [3.05, 3.63) is 23.3 Å². The second-order valence-corrected chi connectivity index (χ2v) is 5.14. The number of aliphatic carboxylic acids is 2. The van der Waals surface area contributed by atoms with Crippen molar-refractivity contribution in [2.24, 2.45) is 0 Å². The van der Waals surface area contributed by atoms with E-state index in [-0.39, 0.29) is 12.8 Å². The molecule has 1 atom stereocenters. The normalized spacial score (nSPS) is 12.4. The minimum absolute atomic E-state index is 0.138. The number of carbonyl (C=O) groups is 3. The molecule has 0 rings (SSSR count). The van der Waals surface area contributed by atoms with Gasteiger partial charge < -0.3 is 15.5 Å². The fraction of sp³-hybridized carbons (Fsp3) is 0.533. The monoisotopic (exact) mass is 297 g/mol. The fourth-order valence-electron chi connectivity index (χ4n) is 1.62. The van der Waals surface area contributed by atoms with Crippen molar-refractivity contribution < 1.29 is 24.6 Å². The van der Waals surface area contributed by atoms with Gasteiger partial charge in [0, 0.05) is 12.5 Å². The maximum absolute atomic E-state index is 11.7. The molecule has 0 saturated heterocycles. The quantitative estimate of drug-likeness (QED) is 0.446. The summed E-state index contributed by atoms with van der Waals surface area (Å²) in [6.45, 7) is 5.78. The highest BCUT2D eigenvalue weighted by Gasteiger charge is 2.19. The number of amides is 1. The topological polar surface area (TPSA) is 104 Å². The lowest BCUT2D eigenvalue weighted by Gasteiger charge is -2.12. The Labute approximate surface area is 124 Å². The molecule has 0 spiro atoms. The van der Waals surface area contributed by atoms with Gasteiger partial charge in [0.25, 0.3) is 0 Å². The first kappa shape index (κ1) is 18.9. The average molecular weight is 297 g/mol. The van der Waals surface area contributed by atoms with Crippen LogP contribution in [0.1, 0.15) is 46.5 Å². The van der Waals surface area contributed by atoms with Gasteiger partial charge in [-0.15, -0.1) is 0 Å². The van der Waals surface area contributed by atoms with Crippen LogP contribution in [-0.4, -0.2) is 34.1 Å². The highest BCUT2D eigenvalue weighted by atomic mass is 16.4. The minimum atomic E-state index is -1.24. The van der Waals surface area contributed by atoms with Crippen LogP contribution in [0.5, 0.6) is 0 Å². The van der Waals surface area contributed by atoms with Gasteiger partial charge in [-0.05, 0) is 40.0 Å². The molecule has 6 nitrogen and oxygen atoms in total. The number of carbonyl (C=O) groups excluding carboxylic acids is 1. The number of carboxylic acid groups (broad SMARTS) is 2. The Hall–Kier alpha value is -2.11. The van der Waals surface area contributed by atoms with E-state index in [0.717, 1.165) is 12.0 Å². The van der Waals surface area contributed by atoms with Crippen molar-refractivity contribution in [3.63, 3.8) is 0 Å². The summed E-state index contributed by atoms with van der Waals surface area (Å²) < 4.78 is 0. The van der Waals surface area contributed by atoms with E-state index in [4.69, 9.17) is 10.2 Å². The molecule has 0 radical (unpaired) electrons. The summed E-state index contributed by atoms with van der Waals surface area (Å²) in [5.74, 6) is -2.84. The van der Waals surface area contributed by atoms with E-state index in [2.05, 4.69) is 11.4 Å². The summed E-state index contributed by atoms with van der Waals surface area (Å²) in [6, 6.07) is -1.18. The number of hydrogen-bond donors (Lipinski definition) is 3. The standard InChI is InChI=1S/C15H23NO5/c1-10(2)5-4-6-11(3)9-13(17)16-12(15(20)21)7-8-14(18)19/h5,9,12H,4,6-8H2,1-3H3,(H,16,17)(H,18,19)(H,20,21). The van der Waals surface area contributed by atoms with Crippen LogP contribution in [0.15, 0.2) is 23.3 Å². The first-order chi connectivity index (χ1) is 9.72. The Kier molecular flexibility index (Phi) is 8.76. The first-order valence-corrected chi connectivity index (χ1v) is 6.78. The second-order valence-electron chi connectivity index (χ2n) is 5.14. The Morgan fingerprint density at radius 2 is 1.71 bits per heavy atom. The predicted octanol–water partition coefficient (Wildman–Crippen LogP) is 2.11.